The lowest BCUT2D eigenvalue weighted by Crippen LogP contribution is -2.64. The molecule has 2 heterocycles. The van der Waals surface area contributed by atoms with Crippen LogP contribution in [0, 0.1) is 11.6 Å². The van der Waals surface area contributed by atoms with E-state index in [1.54, 1.807) is 12.1 Å². The van der Waals surface area contributed by atoms with Crippen molar-refractivity contribution >= 4 is 39.9 Å². The van der Waals surface area contributed by atoms with Crippen molar-refractivity contribution in [1.82, 2.24) is 14.9 Å². The third-order valence-electron chi connectivity index (χ3n) is 6.07. The molecule has 2 aliphatic rings. The molecule has 2 aromatic rings. The van der Waals surface area contributed by atoms with Crippen molar-refractivity contribution in [3.63, 3.8) is 0 Å². The predicted octanol–water partition coefficient (Wildman–Crippen LogP) is 2.66. The smallest absolute Gasteiger partial charge is 0.243 e. The Balaban J connectivity index is 0.00000342. The third kappa shape index (κ3) is 6.16. The molecule has 1 saturated heterocycles. The number of nitrogens with one attached hydrogen (secondary N) is 3. The first-order chi connectivity index (χ1) is 16.2. The minimum atomic E-state index is -3.70. The number of aliphatic imine (C=N–C) groups is 1. The molecule has 0 aromatic heterocycles. The first-order valence-electron chi connectivity index (χ1n) is 11.0. The van der Waals surface area contributed by atoms with Crippen molar-refractivity contribution in [3.8, 4) is 0 Å². The van der Waals surface area contributed by atoms with Gasteiger partial charge in [0.25, 0.3) is 0 Å². The van der Waals surface area contributed by atoms with E-state index in [1.165, 1.54) is 35.5 Å². The second-order valence-electron chi connectivity index (χ2n) is 8.48. The molecule has 0 saturated carbocycles. The number of carbonyl (C=O) groups excluding carboxylic acids is 1. The Hall–Kier alpha value is -2.60. The van der Waals surface area contributed by atoms with Gasteiger partial charge in [-0.15, -0.1) is 12.4 Å². The van der Waals surface area contributed by atoms with Crippen LogP contribution in [0.5, 0.6) is 0 Å². The van der Waals surface area contributed by atoms with Gasteiger partial charge < -0.3 is 16.0 Å². The van der Waals surface area contributed by atoms with E-state index in [4.69, 9.17) is 0 Å². The van der Waals surface area contributed by atoms with E-state index >= 15 is 0 Å². The van der Waals surface area contributed by atoms with Crippen LogP contribution in [0.4, 0.5) is 14.5 Å². The summed E-state index contributed by atoms with van der Waals surface area (Å²) in [5.74, 6) is -0.830. The van der Waals surface area contributed by atoms with Gasteiger partial charge in [0, 0.05) is 44.9 Å². The van der Waals surface area contributed by atoms with E-state index < -0.39 is 27.2 Å². The van der Waals surface area contributed by atoms with E-state index in [1.807, 2.05) is 0 Å². The molecule has 0 atom stereocenters. The summed E-state index contributed by atoms with van der Waals surface area (Å²) in [5.41, 5.74) is 0.468. The summed E-state index contributed by atoms with van der Waals surface area (Å²) in [6.07, 6.45) is 0.999. The van der Waals surface area contributed by atoms with Crippen molar-refractivity contribution in [1.29, 1.82) is 0 Å². The second kappa shape index (κ2) is 11.0. The number of anilines is 1. The number of hydrogen-bond donors (Lipinski definition) is 3. The Morgan fingerprint density at radius 3 is 2.34 bits per heavy atom. The van der Waals surface area contributed by atoms with E-state index in [9.17, 15) is 22.0 Å². The average Bonchev–Trinajstić information content (AvgIpc) is 2.78. The Kier molecular flexibility index (Phi) is 8.47. The maximum atomic E-state index is 13.5. The van der Waals surface area contributed by atoms with Gasteiger partial charge in [-0.25, -0.2) is 17.2 Å². The highest BCUT2D eigenvalue weighted by Crippen LogP contribution is 2.29. The molecule has 4 rings (SSSR count). The molecule has 35 heavy (non-hydrogen) atoms. The molecule has 12 heteroatoms. The van der Waals surface area contributed by atoms with Gasteiger partial charge in [0.1, 0.15) is 17.5 Å². The summed E-state index contributed by atoms with van der Waals surface area (Å²) in [5, 5.41) is 9.31. The molecule has 0 radical (unpaired) electrons. The molecular weight excluding hydrogens is 500 g/mol. The molecule has 0 aliphatic carbocycles. The van der Waals surface area contributed by atoms with Gasteiger partial charge in [0.15, 0.2) is 0 Å². The largest absolute Gasteiger partial charge is 0.368 e. The van der Waals surface area contributed by atoms with Gasteiger partial charge in [0.05, 0.1) is 17.0 Å². The normalized spacial score (nSPS) is 17.9. The zero-order valence-corrected chi connectivity index (χ0v) is 20.8. The fraction of sp³-hybridized carbons (Fsp3) is 0.391. The van der Waals surface area contributed by atoms with Crippen LogP contribution < -0.4 is 16.0 Å². The molecule has 3 N–H and O–H groups in total. The number of nitrogens with zero attached hydrogens (tertiary/aromatic N) is 2. The summed E-state index contributed by atoms with van der Waals surface area (Å²) in [6.45, 7) is 3.40. The number of amides is 1. The van der Waals surface area contributed by atoms with E-state index in [2.05, 4.69) is 20.9 Å². The zero-order chi connectivity index (χ0) is 24.3. The number of piperidine rings is 1. The van der Waals surface area contributed by atoms with Gasteiger partial charge in [-0.05, 0) is 54.8 Å². The molecule has 2 aliphatic heterocycles. The number of benzene rings is 2. The van der Waals surface area contributed by atoms with Crippen molar-refractivity contribution in [3.05, 3.63) is 59.7 Å². The summed E-state index contributed by atoms with van der Waals surface area (Å²) in [6, 6.07) is 9.46. The molecule has 2 aromatic carbocycles. The summed E-state index contributed by atoms with van der Waals surface area (Å²) in [7, 11) is -3.70. The Morgan fingerprint density at radius 2 is 1.74 bits per heavy atom. The predicted molar refractivity (Wildman–Crippen MR) is 132 cm³/mol. The Bertz CT molecular complexity index is 1180. The van der Waals surface area contributed by atoms with E-state index in [0.29, 0.717) is 43.0 Å². The maximum Gasteiger partial charge on any atom is 0.243 e. The maximum absolute atomic E-state index is 13.5. The summed E-state index contributed by atoms with van der Waals surface area (Å²) < 4.78 is 54.8. The zero-order valence-electron chi connectivity index (χ0n) is 19.2. The van der Waals surface area contributed by atoms with Crippen molar-refractivity contribution < 1.29 is 22.0 Å². The SMILES string of the molecule is CC(=O)Nc1ccc(S(=O)(=O)N2CCC3(CC2)NCCN=C3NCc2cc(F)cc(F)c2)cc1.Cl. The molecule has 1 amide bonds. The second-order valence-corrected chi connectivity index (χ2v) is 10.4. The Morgan fingerprint density at radius 1 is 1.11 bits per heavy atom. The molecule has 0 bridgehead atoms. The number of hydrogen-bond acceptors (Lipinski definition) is 6. The van der Waals surface area contributed by atoms with Crippen LogP contribution in [0.25, 0.3) is 0 Å². The molecule has 0 unspecified atom stereocenters. The highest BCUT2D eigenvalue weighted by Gasteiger charge is 2.43. The number of carbonyl (C=O) groups is 1. The molecule has 1 fully saturated rings. The van der Waals surface area contributed by atoms with Gasteiger partial charge in [-0.3, -0.25) is 9.79 Å². The third-order valence-corrected chi connectivity index (χ3v) is 7.98. The van der Waals surface area contributed by atoms with E-state index in [-0.39, 0.29) is 42.8 Å². The fourth-order valence-electron chi connectivity index (χ4n) is 4.41. The number of sulfonamides is 1. The van der Waals surface area contributed by atoms with Crippen LogP contribution in [0.2, 0.25) is 0 Å². The summed E-state index contributed by atoms with van der Waals surface area (Å²) >= 11 is 0. The monoisotopic (exact) mass is 527 g/mol. The lowest BCUT2D eigenvalue weighted by atomic mass is 9.85. The molecule has 1 spiro atoms. The fourth-order valence-corrected chi connectivity index (χ4v) is 5.85. The minimum Gasteiger partial charge on any atom is -0.368 e. The number of halogens is 3. The van der Waals surface area contributed by atoms with Crippen LogP contribution in [-0.2, 0) is 21.4 Å². The lowest BCUT2D eigenvalue weighted by Gasteiger charge is -2.44. The van der Waals surface area contributed by atoms with Gasteiger partial charge in [-0.1, -0.05) is 0 Å². The molecular formula is C23H28ClF2N5O3S. The van der Waals surface area contributed by atoms with Crippen LogP contribution in [-0.4, -0.2) is 56.2 Å². The standard InChI is InChI=1S/C23H27F2N5O3S.ClH/c1-16(31)29-20-2-4-21(5-3-20)34(32,33)30-10-6-23(7-11-30)22(26-8-9-28-23)27-15-17-12-18(24)14-19(25)13-17;/h2-5,12-14,28H,6-11,15H2,1H3,(H,26,27)(H,29,31);1H. The quantitative estimate of drug-likeness (QED) is 0.555. The van der Waals surface area contributed by atoms with Crippen LogP contribution in [0.15, 0.2) is 52.4 Å². The highest BCUT2D eigenvalue weighted by molar-refractivity contribution is 7.89. The van der Waals surface area contributed by atoms with Crippen LogP contribution in [0.3, 0.4) is 0 Å². The number of rotatable bonds is 5. The molecule has 190 valence electrons. The van der Waals surface area contributed by atoms with Crippen LogP contribution >= 0.6 is 12.4 Å². The highest BCUT2D eigenvalue weighted by atomic mass is 35.5. The van der Waals surface area contributed by atoms with Crippen molar-refractivity contribution in [2.24, 2.45) is 4.99 Å². The average molecular weight is 528 g/mol. The summed E-state index contributed by atoms with van der Waals surface area (Å²) in [4.78, 5) is 15.9. The van der Waals surface area contributed by atoms with Gasteiger partial charge in [0.2, 0.25) is 15.9 Å². The Labute approximate surface area is 209 Å². The van der Waals surface area contributed by atoms with Gasteiger partial charge >= 0.3 is 0 Å². The topological polar surface area (TPSA) is 103 Å². The molecule has 8 nitrogen and oxygen atoms in total. The van der Waals surface area contributed by atoms with Crippen molar-refractivity contribution in [2.45, 2.75) is 36.7 Å². The number of amidine groups is 1. The lowest BCUT2D eigenvalue weighted by molar-refractivity contribution is -0.114. The van der Waals surface area contributed by atoms with E-state index in [0.717, 1.165) is 6.07 Å². The van der Waals surface area contributed by atoms with Crippen molar-refractivity contribution in [2.75, 3.05) is 31.5 Å². The van der Waals surface area contributed by atoms with Gasteiger partial charge in [-0.2, -0.15) is 4.31 Å². The minimum absolute atomic E-state index is 0. The first kappa shape index (κ1) is 27.0. The first-order valence-corrected chi connectivity index (χ1v) is 12.5. The van der Waals surface area contributed by atoms with Crippen LogP contribution in [0.1, 0.15) is 25.3 Å².